The molecule has 1 amide bonds. The van der Waals surface area contributed by atoms with Crippen molar-refractivity contribution in [2.75, 3.05) is 13.2 Å². The Kier molecular flexibility index (Phi) is 5.97. The summed E-state index contributed by atoms with van der Waals surface area (Å²) in [5, 5.41) is 9.79. The van der Waals surface area contributed by atoms with Crippen LogP contribution in [-0.2, 0) is 14.3 Å². The van der Waals surface area contributed by atoms with Gasteiger partial charge in [0.2, 0.25) is 0 Å². The summed E-state index contributed by atoms with van der Waals surface area (Å²) in [5.41, 5.74) is -0.549. The van der Waals surface area contributed by atoms with Crippen LogP contribution in [0.5, 0.6) is 0 Å². The lowest BCUT2D eigenvalue weighted by Crippen LogP contribution is -2.44. The molecule has 26 heavy (non-hydrogen) atoms. The van der Waals surface area contributed by atoms with Crippen LogP contribution in [0.15, 0.2) is 24.3 Å². The molecule has 0 radical (unpaired) electrons. The van der Waals surface area contributed by atoms with E-state index in [2.05, 4.69) is 0 Å². The molecule has 0 bridgehead atoms. The summed E-state index contributed by atoms with van der Waals surface area (Å²) in [4.78, 5) is 37.5. The number of halogens is 1. The maximum atomic E-state index is 12.9. The minimum atomic E-state index is -1.03. The van der Waals surface area contributed by atoms with Crippen molar-refractivity contribution in [1.29, 1.82) is 0 Å². The van der Waals surface area contributed by atoms with Crippen molar-refractivity contribution in [3.05, 3.63) is 35.6 Å². The van der Waals surface area contributed by atoms with Crippen molar-refractivity contribution >= 4 is 17.8 Å². The van der Waals surface area contributed by atoms with Crippen molar-refractivity contribution in [3.8, 4) is 0 Å². The standard InChI is InChI=1S/C18H22FNO6/c1-18(2,3)26-17(24)20-9-13(21)8-14(20)16(23)25-10-15(22)11-4-6-12(19)7-5-11/h4-7,13-14,21H,8-10H2,1-3H3/t13-,14-/m0/s1. The summed E-state index contributed by atoms with van der Waals surface area (Å²) in [6, 6.07) is 3.82. The molecule has 1 heterocycles. The van der Waals surface area contributed by atoms with Gasteiger partial charge in [0.15, 0.2) is 12.4 Å². The summed E-state index contributed by atoms with van der Waals surface area (Å²) in [5.74, 6) is -1.78. The van der Waals surface area contributed by atoms with E-state index in [1.807, 2.05) is 0 Å². The highest BCUT2D eigenvalue weighted by Gasteiger charge is 2.42. The Morgan fingerprint density at radius 3 is 2.42 bits per heavy atom. The summed E-state index contributed by atoms with van der Waals surface area (Å²) in [7, 11) is 0. The van der Waals surface area contributed by atoms with Crippen LogP contribution in [0.3, 0.4) is 0 Å². The van der Waals surface area contributed by atoms with Gasteiger partial charge in [0.05, 0.1) is 12.6 Å². The smallest absolute Gasteiger partial charge is 0.411 e. The number of esters is 1. The molecule has 0 spiro atoms. The second-order valence-corrected chi connectivity index (χ2v) is 7.08. The molecule has 1 saturated heterocycles. The number of amides is 1. The van der Waals surface area contributed by atoms with Gasteiger partial charge in [-0.1, -0.05) is 0 Å². The van der Waals surface area contributed by atoms with E-state index >= 15 is 0 Å². The van der Waals surface area contributed by atoms with Gasteiger partial charge < -0.3 is 14.6 Å². The number of nitrogens with zero attached hydrogens (tertiary/aromatic N) is 1. The minimum Gasteiger partial charge on any atom is -0.456 e. The predicted molar refractivity (Wildman–Crippen MR) is 89.0 cm³/mol. The van der Waals surface area contributed by atoms with Crippen LogP contribution in [-0.4, -0.2) is 58.8 Å². The molecule has 1 aromatic rings. The highest BCUT2D eigenvalue weighted by Crippen LogP contribution is 2.22. The van der Waals surface area contributed by atoms with Crippen molar-refractivity contribution in [3.63, 3.8) is 0 Å². The van der Waals surface area contributed by atoms with E-state index in [1.54, 1.807) is 20.8 Å². The van der Waals surface area contributed by atoms with E-state index in [-0.39, 0.29) is 18.5 Å². The molecule has 0 unspecified atom stereocenters. The fourth-order valence-electron chi connectivity index (χ4n) is 2.51. The van der Waals surface area contributed by atoms with Crippen LogP contribution in [0, 0.1) is 5.82 Å². The Morgan fingerprint density at radius 2 is 1.85 bits per heavy atom. The molecular formula is C18H22FNO6. The molecule has 2 rings (SSSR count). The summed E-state index contributed by atoms with van der Waals surface area (Å²) >= 11 is 0. The Morgan fingerprint density at radius 1 is 1.23 bits per heavy atom. The fraction of sp³-hybridized carbons (Fsp3) is 0.500. The summed E-state index contributed by atoms with van der Waals surface area (Å²) < 4.78 is 23.1. The van der Waals surface area contributed by atoms with Gasteiger partial charge in [-0.2, -0.15) is 0 Å². The Balaban J connectivity index is 1.97. The van der Waals surface area contributed by atoms with Gasteiger partial charge in [-0.15, -0.1) is 0 Å². The van der Waals surface area contributed by atoms with E-state index < -0.39 is 48.0 Å². The second kappa shape index (κ2) is 7.82. The average molecular weight is 367 g/mol. The zero-order chi connectivity index (χ0) is 19.5. The van der Waals surface area contributed by atoms with E-state index in [9.17, 15) is 23.9 Å². The Labute approximate surface area is 150 Å². The van der Waals surface area contributed by atoms with Crippen LogP contribution in [0.2, 0.25) is 0 Å². The molecule has 2 atom stereocenters. The molecule has 8 heteroatoms. The third-order valence-electron chi connectivity index (χ3n) is 3.69. The first-order valence-corrected chi connectivity index (χ1v) is 8.20. The van der Waals surface area contributed by atoms with Crippen LogP contribution in [0.4, 0.5) is 9.18 Å². The molecule has 1 aliphatic rings. The second-order valence-electron chi connectivity index (χ2n) is 7.08. The van der Waals surface area contributed by atoms with Crippen LogP contribution >= 0.6 is 0 Å². The summed E-state index contributed by atoms with van der Waals surface area (Å²) in [6.07, 6.45) is -1.61. The molecule has 1 fully saturated rings. The third-order valence-corrected chi connectivity index (χ3v) is 3.69. The van der Waals surface area contributed by atoms with Gasteiger partial charge in [-0.05, 0) is 45.0 Å². The molecule has 142 valence electrons. The first-order chi connectivity index (χ1) is 12.1. The molecule has 7 nitrogen and oxygen atoms in total. The van der Waals surface area contributed by atoms with E-state index in [0.717, 1.165) is 17.0 Å². The lowest BCUT2D eigenvalue weighted by molar-refractivity contribution is -0.147. The Hall–Kier alpha value is -2.48. The van der Waals surface area contributed by atoms with Crippen LogP contribution in [0.1, 0.15) is 37.6 Å². The first-order valence-electron chi connectivity index (χ1n) is 8.20. The van der Waals surface area contributed by atoms with E-state index in [1.165, 1.54) is 12.1 Å². The van der Waals surface area contributed by atoms with Gasteiger partial charge in [-0.25, -0.2) is 14.0 Å². The number of ether oxygens (including phenoxy) is 2. The van der Waals surface area contributed by atoms with Crippen molar-refractivity contribution < 1.29 is 33.4 Å². The Bertz CT molecular complexity index is 682. The lowest BCUT2D eigenvalue weighted by atomic mass is 10.1. The number of ketones is 1. The van der Waals surface area contributed by atoms with Crippen molar-refractivity contribution in [2.24, 2.45) is 0 Å². The molecule has 1 N–H and O–H groups in total. The molecule has 0 saturated carbocycles. The summed E-state index contributed by atoms with van der Waals surface area (Å²) in [6.45, 7) is 4.46. The number of benzene rings is 1. The van der Waals surface area contributed by atoms with Gasteiger partial charge >= 0.3 is 12.1 Å². The number of aliphatic hydroxyl groups is 1. The number of hydrogen-bond acceptors (Lipinski definition) is 6. The molecule has 0 aromatic heterocycles. The monoisotopic (exact) mass is 367 g/mol. The number of Topliss-reactive ketones (excluding diaryl/α,β-unsaturated/α-hetero) is 1. The maximum Gasteiger partial charge on any atom is 0.411 e. The number of aliphatic hydroxyl groups excluding tert-OH is 1. The third kappa shape index (κ3) is 5.26. The molecular weight excluding hydrogens is 345 g/mol. The maximum absolute atomic E-state index is 12.9. The van der Waals surface area contributed by atoms with Crippen molar-refractivity contribution in [1.82, 2.24) is 4.90 Å². The zero-order valence-corrected chi connectivity index (χ0v) is 14.9. The number of carbonyl (C=O) groups excluding carboxylic acids is 3. The lowest BCUT2D eigenvalue weighted by Gasteiger charge is -2.27. The number of carbonyl (C=O) groups is 3. The van der Waals surface area contributed by atoms with Crippen LogP contribution < -0.4 is 0 Å². The zero-order valence-electron chi connectivity index (χ0n) is 14.9. The number of rotatable bonds is 4. The van der Waals surface area contributed by atoms with Gasteiger partial charge in [0, 0.05) is 12.0 Å². The highest BCUT2D eigenvalue weighted by molar-refractivity contribution is 5.98. The molecule has 1 aliphatic heterocycles. The first kappa shape index (κ1) is 19.8. The normalized spacial score (nSPS) is 20.0. The van der Waals surface area contributed by atoms with Gasteiger partial charge in [-0.3, -0.25) is 9.69 Å². The largest absolute Gasteiger partial charge is 0.456 e. The van der Waals surface area contributed by atoms with Gasteiger partial charge in [0.25, 0.3) is 0 Å². The topological polar surface area (TPSA) is 93.1 Å². The SMILES string of the molecule is CC(C)(C)OC(=O)N1C[C@@H](O)C[C@H]1C(=O)OCC(=O)c1ccc(F)cc1. The minimum absolute atomic E-state index is 0.00279. The highest BCUT2D eigenvalue weighted by atomic mass is 19.1. The molecule has 1 aromatic carbocycles. The number of hydrogen-bond donors (Lipinski definition) is 1. The quantitative estimate of drug-likeness (QED) is 0.646. The predicted octanol–water partition coefficient (Wildman–Crippen LogP) is 1.92. The number of likely N-dealkylation sites (tertiary alicyclic amines) is 1. The van der Waals surface area contributed by atoms with E-state index in [4.69, 9.17) is 9.47 Å². The van der Waals surface area contributed by atoms with Crippen molar-refractivity contribution in [2.45, 2.75) is 44.9 Å². The fourth-order valence-corrected chi connectivity index (χ4v) is 2.51. The number of β-amino-alcohol motifs (C(OH)–C–C–N with tert-alkyl or cyclic N) is 1. The van der Waals surface area contributed by atoms with Crippen LogP contribution in [0.25, 0.3) is 0 Å². The average Bonchev–Trinajstić information content (AvgIpc) is 2.93. The van der Waals surface area contributed by atoms with E-state index in [0.29, 0.717) is 0 Å². The molecule has 0 aliphatic carbocycles. The van der Waals surface area contributed by atoms with Gasteiger partial charge in [0.1, 0.15) is 17.5 Å².